The third kappa shape index (κ3) is 1.80. The number of rotatable bonds is 2. The molecule has 0 bridgehead atoms. The highest BCUT2D eigenvalue weighted by Gasteiger charge is 2.00. The van der Waals surface area contributed by atoms with Crippen molar-refractivity contribution in [1.29, 1.82) is 5.26 Å². The molecule has 1 aromatic carbocycles. The third-order valence-electron chi connectivity index (χ3n) is 1.79. The van der Waals surface area contributed by atoms with Crippen molar-refractivity contribution < 1.29 is 0 Å². The predicted molar refractivity (Wildman–Crippen MR) is 52.3 cm³/mol. The molecule has 0 atom stereocenters. The normalized spacial score (nSPS) is 9.42. The lowest BCUT2D eigenvalue weighted by Crippen LogP contribution is -1.84. The average Bonchev–Trinajstić information content (AvgIpc) is 2.16. The predicted octanol–water partition coefficient (Wildman–Crippen LogP) is 2.84. The van der Waals surface area contributed by atoms with E-state index in [0.29, 0.717) is 0 Å². The summed E-state index contributed by atoms with van der Waals surface area (Å²) in [4.78, 5) is 1.08. The van der Waals surface area contributed by atoms with Crippen LogP contribution in [0.5, 0.6) is 0 Å². The van der Waals surface area contributed by atoms with Gasteiger partial charge in [0.05, 0.1) is 5.56 Å². The minimum Gasteiger partial charge on any atom is -0.192 e. The van der Waals surface area contributed by atoms with E-state index in [2.05, 4.69) is 19.1 Å². The van der Waals surface area contributed by atoms with Crippen molar-refractivity contribution in [3.63, 3.8) is 0 Å². The van der Waals surface area contributed by atoms with Crippen LogP contribution in [0.4, 0.5) is 0 Å². The largest absolute Gasteiger partial charge is 0.192 e. The van der Waals surface area contributed by atoms with Gasteiger partial charge in [0.1, 0.15) is 6.07 Å². The summed E-state index contributed by atoms with van der Waals surface area (Å²) in [6, 6.07) is 8.17. The fourth-order valence-corrected chi connectivity index (χ4v) is 1.65. The van der Waals surface area contributed by atoms with Gasteiger partial charge in [-0.2, -0.15) is 5.26 Å². The van der Waals surface area contributed by atoms with Gasteiger partial charge in [-0.25, -0.2) is 0 Å². The van der Waals surface area contributed by atoms with Crippen LogP contribution in [0.2, 0.25) is 0 Å². The van der Waals surface area contributed by atoms with E-state index >= 15 is 0 Å². The number of nitriles is 1. The second-order valence-electron chi connectivity index (χ2n) is 2.50. The Balaban J connectivity index is 3.13. The zero-order valence-electron chi connectivity index (χ0n) is 7.29. The SMILES string of the molecule is CCc1ccc(C#N)c(SC)c1. The Hall–Kier alpha value is -0.940. The molecule has 0 spiro atoms. The van der Waals surface area contributed by atoms with E-state index in [4.69, 9.17) is 5.26 Å². The highest BCUT2D eigenvalue weighted by Crippen LogP contribution is 2.21. The topological polar surface area (TPSA) is 23.8 Å². The molecule has 0 radical (unpaired) electrons. The van der Waals surface area contributed by atoms with Crippen LogP contribution in [0.1, 0.15) is 18.1 Å². The van der Waals surface area contributed by atoms with Crippen LogP contribution in [-0.2, 0) is 6.42 Å². The summed E-state index contributed by atoms with van der Waals surface area (Å²) in [5, 5.41) is 8.75. The fourth-order valence-electron chi connectivity index (χ4n) is 1.05. The molecule has 0 aliphatic carbocycles. The number of benzene rings is 1. The van der Waals surface area contributed by atoms with Gasteiger partial charge in [-0.1, -0.05) is 13.0 Å². The van der Waals surface area contributed by atoms with Crippen molar-refractivity contribution in [3.8, 4) is 6.07 Å². The van der Waals surface area contributed by atoms with Gasteiger partial charge >= 0.3 is 0 Å². The Morgan fingerprint density at radius 1 is 1.50 bits per heavy atom. The van der Waals surface area contributed by atoms with Crippen molar-refractivity contribution in [2.75, 3.05) is 6.26 Å². The van der Waals surface area contributed by atoms with Crippen molar-refractivity contribution >= 4 is 11.8 Å². The Labute approximate surface area is 77.4 Å². The summed E-state index contributed by atoms with van der Waals surface area (Å²) in [7, 11) is 0. The van der Waals surface area contributed by atoms with Crippen LogP contribution >= 0.6 is 11.8 Å². The molecular formula is C10H11NS. The summed E-state index contributed by atoms with van der Waals surface area (Å²) in [6.07, 6.45) is 3.02. The first-order valence-corrected chi connectivity index (χ1v) is 5.11. The molecule has 0 fully saturated rings. The van der Waals surface area contributed by atoms with Crippen LogP contribution in [0.25, 0.3) is 0 Å². The van der Waals surface area contributed by atoms with Gasteiger partial charge in [0.2, 0.25) is 0 Å². The van der Waals surface area contributed by atoms with Crippen molar-refractivity contribution in [2.45, 2.75) is 18.2 Å². The molecule has 0 saturated carbocycles. The summed E-state index contributed by atoms with van der Waals surface area (Å²) in [6.45, 7) is 2.12. The molecule has 0 amide bonds. The van der Waals surface area contributed by atoms with E-state index in [9.17, 15) is 0 Å². The van der Waals surface area contributed by atoms with Gasteiger partial charge in [0.25, 0.3) is 0 Å². The number of thioether (sulfide) groups is 1. The van der Waals surface area contributed by atoms with Crippen LogP contribution in [0.15, 0.2) is 23.1 Å². The average molecular weight is 177 g/mol. The molecule has 0 aliphatic heterocycles. The second-order valence-corrected chi connectivity index (χ2v) is 3.35. The maximum absolute atomic E-state index is 8.75. The molecule has 1 aromatic rings. The lowest BCUT2D eigenvalue weighted by Gasteiger charge is -2.01. The summed E-state index contributed by atoms with van der Waals surface area (Å²) >= 11 is 1.63. The highest BCUT2D eigenvalue weighted by atomic mass is 32.2. The van der Waals surface area contributed by atoms with Crippen LogP contribution < -0.4 is 0 Å². The van der Waals surface area contributed by atoms with Crippen molar-refractivity contribution in [1.82, 2.24) is 0 Å². The summed E-state index contributed by atoms with van der Waals surface area (Å²) < 4.78 is 0. The molecule has 0 aromatic heterocycles. The Morgan fingerprint density at radius 2 is 2.25 bits per heavy atom. The molecule has 0 aliphatic rings. The number of aryl methyl sites for hydroxylation is 1. The molecule has 0 N–H and O–H groups in total. The summed E-state index contributed by atoms with van der Waals surface area (Å²) in [5.74, 6) is 0. The van der Waals surface area contributed by atoms with E-state index < -0.39 is 0 Å². The van der Waals surface area contributed by atoms with Crippen LogP contribution in [0.3, 0.4) is 0 Å². The number of nitrogens with zero attached hydrogens (tertiary/aromatic N) is 1. The Bertz CT molecular complexity index is 312. The molecule has 12 heavy (non-hydrogen) atoms. The first-order chi connectivity index (χ1) is 5.81. The first kappa shape index (κ1) is 9.15. The molecule has 62 valence electrons. The minimum atomic E-state index is 0.778. The summed E-state index contributed by atoms with van der Waals surface area (Å²) in [5.41, 5.74) is 2.07. The molecule has 2 heteroatoms. The number of hydrogen-bond acceptors (Lipinski definition) is 2. The van der Waals surface area contributed by atoms with Gasteiger partial charge in [-0.15, -0.1) is 11.8 Å². The zero-order chi connectivity index (χ0) is 8.97. The molecule has 1 nitrogen and oxygen atoms in total. The van der Waals surface area contributed by atoms with E-state index in [-0.39, 0.29) is 0 Å². The van der Waals surface area contributed by atoms with Crippen molar-refractivity contribution in [3.05, 3.63) is 29.3 Å². The smallest absolute Gasteiger partial charge is 0.100 e. The third-order valence-corrected chi connectivity index (χ3v) is 2.57. The molecule has 0 saturated heterocycles. The van der Waals surface area contributed by atoms with Crippen molar-refractivity contribution in [2.24, 2.45) is 0 Å². The van der Waals surface area contributed by atoms with E-state index in [1.807, 2.05) is 18.4 Å². The minimum absolute atomic E-state index is 0.778. The fraction of sp³-hybridized carbons (Fsp3) is 0.300. The standard InChI is InChI=1S/C10H11NS/c1-3-8-4-5-9(7-11)10(6-8)12-2/h4-6H,3H2,1-2H3. The van der Waals surface area contributed by atoms with Crippen LogP contribution in [0, 0.1) is 11.3 Å². The van der Waals surface area contributed by atoms with E-state index in [0.717, 1.165) is 16.9 Å². The van der Waals surface area contributed by atoms with E-state index in [1.165, 1.54) is 5.56 Å². The molecule has 1 rings (SSSR count). The van der Waals surface area contributed by atoms with E-state index in [1.54, 1.807) is 11.8 Å². The molecule has 0 unspecified atom stereocenters. The van der Waals surface area contributed by atoms with Crippen LogP contribution in [-0.4, -0.2) is 6.26 Å². The first-order valence-electron chi connectivity index (χ1n) is 3.88. The van der Waals surface area contributed by atoms with Gasteiger partial charge in [0, 0.05) is 4.90 Å². The molecular weight excluding hydrogens is 166 g/mol. The quantitative estimate of drug-likeness (QED) is 0.648. The zero-order valence-corrected chi connectivity index (χ0v) is 8.11. The maximum Gasteiger partial charge on any atom is 0.100 e. The maximum atomic E-state index is 8.75. The number of hydrogen-bond donors (Lipinski definition) is 0. The monoisotopic (exact) mass is 177 g/mol. The Kier molecular flexibility index (Phi) is 3.19. The van der Waals surface area contributed by atoms with Gasteiger partial charge in [0.15, 0.2) is 0 Å². The lowest BCUT2D eigenvalue weighted by molar-refractivity contribution is 1.12. The molecule has 0 heterocycles. The van der Waals surface area contributed by atoms with Gasteiger partial charge in [-0.3, -0.25) is 0 Å². The second kappa shape index (κ2) is 4.18. The van der Waals surface area contributed by atoms with Gasteiger partial charge < -0.3 is 0 Å². The lowest BCUT2D eigenvalue weighted by atomic mass is 10.1. The Morgan fingerprint density at radius 3 is 2.75 bits per heavy atom. The highest BCUT2D eigenvalue weighted by molar-refractivity contribution is 7.98. The van der Waals surface area contributed by atoms with Gasteiger partial charge in [-0.05, 0) is 30.4 Å².